The first kappa shape index (κ1) is 18.3. The van der Waals surface area contributed by atoms with Crippen LogP contribution in [-0.4, -0.2) is 30.3 Å². The lowest BCUT2D eigenvalue weighted by Crippen LogP contribution is -2.53. The summed E-state index contributed by atoms with van der Waals surface area (Å²) in [5.74, 6) is 0.961. The Morgan fingerprint density at radius 3 is 2.24 bits per heavy atom. The largest absolute Gasteiger partial charge is 0.444 e. The van der Waals surface area contributed by atoms with E-state index in [0.717, 1.165) is 6.54 Å². The van der Waals surface area contributed by atoms with Crippen LogP contribution in [0.3, 0.4) is 0 Å². The zero-order valence-electron chi connectivity index (χ0n) is 14.7. The quantitative estimate of drug-likeness (QED) is 0.753. The molecule has 0 saturated heterocycles. The molecule has 124 valence electrons. The van der Waals surface area contributed by atoms with E-state index in [9.17, 15) is 4.79 Å². The number of alkyl carbamates (subject to hydrolysis) is 1. The first-order valence-corrected chi connectivity index (χ1v) is 8.39. The van der Waals surface area contributed by atoms with Crippen LogP contribution >= 0.6 is 0 Å². The van der Waals surface area contributed by atoms with Gasteiger partial charge in [0.2, 0.25) is 0 Å². The highest BCUT2D eigenvalue weighted by molar-refractivity contribution is 5.67. The second kappa shape index (κ2) is 7.48. The van der Waals surface area contributed by atoms with Crippen molar-refractivity contribution in [3.8, 4) is 0 Å². The minimum Gasteiger partial charge on any atom is -0.444 e. The van der Waals surface area contributed by atoms with Crippen LogP contribution in [0.15, 0.2) is 0 Å². The number of ether oxygens (including phenoxy) is 1. The molecule has 0 heterocycles. The van der Waals surface area contributed by atoms with Gasteiger partial charge in [-0.05, 0) is 58.3 Å². The Balaban J connectivity index is 2.38. The predicted molar refractivity (Wildman–Crippen MR) is 87.4 cm³/mol. The van der Waals surface area contributed by atoms with Crippen molar-refractivity contribution in [3.05, 3.63) is 0 Å². The summed E-state index contributed by atoms with van der Waals surface area (Å²) in [4.78, 5) is 11.8. The van der Waals surface area contributed by atoms with E-state index < -0.39 is 5.60 Å². The van der Waals surface area contributed by atoms with Gasteiger partial charge in [-0.25, -0.2) is 4.79 Å². The van der Waals surface area contributed by atoms with E-state index in [4.69, 9.17) is 4.74 Å². The molecule has 4 nitrogen and oxygen atoms in total. The number of nitrogens with one attached hydrogen (secondary N) is 2. The van der Waals surface area contributed by atoms with E-state index in [1.165, 1.54) is 25.7 Å². The van der Waals surface area contributed by atoms with E-state index in [1.807, 2.05) is 20.8 Å². The molecule has 1 saturated carbocycles. The second-order valence-corrected chi connectivity index (χ2v) is 7.76. The number of carbonyl (C=O) groups is 1. The average molecular weight is 298 g/mol. The van der Waals surface area contributed by atoms with Gasteiger partial charge in [0.1, 0.15) is 5.60 Å². The molecule has 0 aromatic heterocycles. The van der Waals surface area contributed by atoms with Gasteiger partial charge in [0.15, 0.2) is 0 Å². The zero-order chi connectivity index (χ0) is 16.1. The first-order chi connectivity index (χ1) is 9.67. The molecular weight excluding hydrogens is 264 g/mol. The molecule has 1 unspecified atom stereocenters. The van der Waals surface area contributed by atoms with Crippen molar-refractivity contribution >= 4 is 6.09 Å². The molecule has 1 fully saturated rings. The van der Waals surface area contributed by atoms with Gasteiger partial charge in [0.05, 0.1) is 0 Å². The van der Waals surface area contributed by atoms with Crippen LogP contribution in [0.5, 0.6) is 0 Å². The van der Waals surface area contributed by atoms with Crippen molar-refractivity contribution in [2.24, 2.45) is 11.8 Å². The molecule has 1 aliphatic rings. The average Bonchev–Trinajstić information content (AvgIpc) is 2.29. The van der Waals surface area contributed by atoms with Crippen LogP contribution in [0.25, 0.3) is 0 Å². The number of hydrogen-bond donors (Lipinski definition) is 2. The Morgan fingerprint density at radius 2 is 1.86 bits per heavy atom. The van der Waals surface area contributed by atoms with Gasteiger partial charge in [-0.2, -0.15) is 0 Å². The third kappa shape index (κ3) is 6.25. The Labute approximate surface area is 130 Å². The molecule has 0 aromatic carbocycles. The Hall–Kier alpha value is -0.770. The van der Waals surface area contributed by atoms with E-state index >= 15 is 0 Å². The maximum Gasteiger partial charge on any atom is 0.407 e. The fourth-order valence-electron chi connectivity index (χ4n) is 2.68. The zero-order valence-corrected chi connectivity index (χ0v) is 14.7. The second-order valence-electron chi connectivity index (χ2n) is 7.76. The molecule has 0 radical (unpaired) electrons. The maximum absolute atomic E-state index is 11.8. The number of rotatable bonds is 7. The molecule has 1 amide bonds. The third-order valence-electron chi connectivity index (χ3n) is 4.58. The smallest absolute Gasteiger partial charge is 0.407 e. The molecule has 1 atom stereocenters. The summed E-state index contributed by atoms with van der Waals surface area (Å²) < 4.78 is 5.30. The lowest BCUT2D eigenvalue weighted by molar-refractivity contribution is 0.0512. The van der Waals surface area contributed by atoms with E-state index in [0.29, 0.717) is 23.9 Å². The van der Waals surface area contributed by atoms with Gasteiger partial charge in [-0.3, -0.25) is 0 Å². The van der Waals surface area contributed by atoms with Crippen LogP contribution in [0, 0.1) is 11.8 Å². The van der Waals surface area contributed by atoms with Crippen molar-refractivity contribution in [1.82, 2.24) is 10.6 Å². The van der Waals surface area contributed by atoms with E-state index in [-0.39, 0.29) is 6.09 Å². The summed E-state index contributed by atoms with van der Waals surface area (Å²) in [5.41, 5.74) is -0.0765. The summed E-state index contributed by atoms with van der Waals surface area (Å²) in [6.07, 6.45) is 4.78. The van der Waals surface area contributed by atoms with Gasteiger partial charge in [0.25, 0.3) is 0 Å². The predicted octanol–water partition coefficient (Wildman–Crippen LogP) is 3.71. The van der Waals surface area contributed by atoms with Crippen LogP contribution in [0.2, 0.25) is 0 Å². The normalized spacial score (nSPS) is 19.0. The minimum atomic E-state index is -0.437. The molecule has 4 heteroatoms. The lowest BCUT2D eigenvalue weighted by Gasteiger charge is -2.43. The van der Waals surface area contributed by atoms with Gasteiger partial charge >= 0.3 is 6.09 Å². The summed E-state index contributed by atoms with van der Waals surface area (Å²) in [5, 5.41) is 6.65. The van der Waals surface area contributed by atoms with Gasteiger partial charge in [-0.1, -0.05) is 20.8 Å². The van der Waals surface area contributed by atoms with E-state index in [1.54, 1.807) is 0 Å². The van der Waals surface area contributed by atoms with Crippen LogP contribution in [-0.2, 0) is 4.74 Å². The standard InChI is InChI=1S/C17H34N2O2/c1-7-17(9-8-10-17)19-12-14(13(2)3)11-18-15(20)21-16(4,5)6/h13-14,19H,7-12H2,1-6H3,(H,18,20). The molecule has 0 aromatic rings. The maximum atomic E-state index is 11.8. The highest BCUT2D eigenvalue weighted by Gasteiger charge is 2.35. The minimum absolute atomic E-state index is 0.318. The topological polar surface area (TPSA) is 50.4 Å². The molecule has 0 aliphatic heterocycles. The summed E-state index contributed by atoms with van der Waals surface area (Å²) >= 11 is 0. The van der Waals surface area contributed by atoms with Gasteiger partial charge in [0, 0.05) is 18.6 Å². The Morgan fingerprint density at radius 1 is 1.24 bits per heavy atom. The molecule has 2 N–H and O–H groups in total. The number of hydrogen-bond acceptors (Lipinski definition) is 3. The number of carbonyl (C=O) groups excluding carboxylic acids is 1. The molecule has 0 bridgehead atoms. The molecular formula is C17H34N2O2. The van der Waals surface area contributed by atoms with Crippen LogP contribution < -0.4 is 10.6 Å². The van der Waals surface area contributed by atoms with Crippen molar-refractivity contribution in [1.29, 1.82) is 0 Å². The molecule has 1 aliphatic carbocycles. The van der Waals surface area contributed by atoms with Crippen molar-refractivity contribution < 1.29 is 9.53 Å². The fraction of sp³-hybridized carbons (Fsp3) is 0.941. The lowest BCUT2D eigenvalue weighted by atomic mass is 9.74. The van der Waals surface area contributed by atoms with Crippen molar-refractivity contribution in [3.63, 3.8) is 0 Å². The Kier molecular flexibility index (Phi) is 6.51. The SMILES string of the molecule is CCC1(NCC(CNC(=O)OC(C)(C)C)C(C)C)CCC1. The van der Waals surface area contributed by atoms with Gasteiger partial charge < -0.3 is 15.4 Å². The van der Waals surface area contributed by atoms with E-state index in [2.05, 4.69) is 31.4 Å². The highest BCUT2D eigenvalue weighted by atomic mass is 16.6. The highest BCUT2D eigenvalue weighted by Crippen LogP contribution is 2.34. The molecule has 21 heavy (non-hydrogen) atoms. The van der Waals surface area contributed by atoms with Crippen molar-refractivity contribution in [2.45, 2.75) is 78.4 Å². The molecule has 0 spiro atoms. The van der Waals surface area contributed by atoms with Crippen LogP contribution in [0.1, 0.15) is 67.2 Å². The summed E-state index contributed by atoms with van der Waals surface area (Å²) in [6, 6.07) is 0. The van der Waals surface area contributed by atoms with Crippen molar-refractivity contribution in [2.75, 3.05) is 13.1 Å². The third-order valence-corrected chi connectivity index (χ3v) is 4.58. The van der Waals surface area contributed by atoms with Crippen LogP contribution in [0.4, 0.5) is 4.79 Å². The molecule has 1 rings (SSSR count). The monoisotopic (exact) mass is 298 g/mol. The Bertz CT molecular complexity index is 325. The first-order valence-electron chi connectivity index (χ1n) is 8.39. The summed E-state index contributed by atoms with van der Waals surface area (Å²) in [7, 11) is 0. The fourth-order valence-corrected chi connectivity index (χ4v) is 2.68. The van der Waals surface area contributed by atoms with Gasteiger partial charge in [-0.15, -0.1) is 0 Å². The summed E-state index contributed by atoms with van der Waals surface area (Å²) in [6.45, 7) is 14.0. The number of amides is 1.